The van der Waals surface area contributed by atoms with E-state index in [1.54, 1.807) is 27.9 Å². The Kier molecular flexibility index (Phi) is 4.55. The third-order valence-electron chi connectivity index (χ3n) is 3.45. The summed E-state index contributed by atoms with van der Waals surface area (Å²) in [4.78, 5) is 15.6. The standard InChI is InChI=1S/C15H16N2O2S2/c1-17-10-16-8-13(17)20-21-15(11-5-3-2-4-6-11)12-7-14(18)19-9-12/h2-6,8,10,12,15H,7,9H2,1H3. The minimum Gasteiger partial charge on any atom is -0.465 e. The maximum Gasteiger partial charge on any atom is 0.306 e. The zero-order valence-electron chi connectivity index (χ0n) is 11.6. The molecule has 110 valence electrons. The third-order valence-corrected chi connectivity index (χ3v) is 6.40. The molecule has 6 heteroatoms. The summed E-state index contributed by atoms with van der Waals surface area (Å²) in [7, 11) is 5.45. The van der Waals surface area contributed by atoms with Gasteiger partial charge in [-0.15, -0.1) is 0 Å². The van der Waals surface area contributed by atoms with Gasteiger partial charge in [0.1, 0.15) is 5.03 Å². The van der Waals surface area contributed by atoms with Crippen molar-refractivity contribution in [1.82, 2.24) is 9.55 Å². The van der Waals surface area contributed by atoms with Crippen LogP contribution in [0.3, 0.4) is 0 Å². The quantitative estimate of drug-likeness (QED) is 0.623. The highest BCUT2D eigenvalue weighted by Crippen LogP contribution is 2.48. The largest absolute Gasteiger partial charge is 0.465 e. The minimum atomic E-state index is -0.0907. The van der Waals surface area contributed by atoms with Crippen molar-refractivity contribution >= 4 is 27.6 Å². The summed E-state index contributed by atoms with van der Waals surface area (Å²) >= 11 is 0. The second-order valence-electron chi connectivity index (χ2n) is 5.00. The highest BCUT2D eigenvalue weighted by molar-refractivity contribution is 8.76. The molecule has 0 spiro atoms. The van der Waals surface area contributed by atoms with Gasteiger partial charge in [0.15, 0.2) is 0 Å². The number of esters is 1. The lowest BCUT2D eigenvalue weighted by Gasteiger charge is -2.20. The molecule has 2 unspecified atom stereocenters. The molecule has 1 fully saturated rings. The molecule has 0 bridgehead atoms. The molecule has 2 aromatic rings. The number of nitrogens with zero attached hydrogens (tertiary/aromatic N) is 2. The highest BCUT2D eigenvalue weighted by atomic mass is 33.1. The molecule has 0 N–H and O–H groups in total. The molecule has 1 aromatic heterocycles. The van der Waals surface area contributed by atoms with Gasteiger partial charge in [0, 0.05) is 18.2 Å². The number of carbonyl (C=O) groups is 1. The van der Waals surface area contributed by atoms with Crippen LogP contribution >= 0.6 is 21.6 Å². The molecular formula is C15H16N2O2S2. The molecular weight excluding hydrogens is 304 g/mol. The Morgan fingerprint density at radius 2 is 2.19 bits per heavy atom. The number of carbonyl (C=O) groups excluding carboxylic acids is 1. The molecule has 0 radical (unpaired) electrons. The SMILES string of the molecule is Cn1cncc1SSC(c1ccccc1)C1COC(=O)C1. The predicted octanol–water partition coefficient (Wildman–Crippen LogP) is 3.46. The van der Waals surface area contributed by atoms with E-state index in [9.17, 15) is 4.79 Å². The number of aryl methyl sites for hydroxylation is 1. The van der Waals surface area contributed by atoms with Crippen LogP contribution in [0.15, 0.2) is 47.9 Å². The number of ether oxygens (including phenoxy) is 1. The van der Waals surface area contributed by atoms with Crippen molar-refractivity contribution in [3.63, 3.8) is 0 Å². The van der Waals surface area contributed by atoms with E-state index in [0.29, 0.717) is 13.0 Å². The summed E-state index contributed by atoms with van der Waals surface area (Å²) in [5.41, 5.74) is 1.24. The van der Waals surface area contributed by atoms with Crippen LogP contribution in [-0.4, -0.2) is 22.1 Å². The van der Waals surface area contributed by atoms with Gasteiger partial charge in [0.05, 0.1) is 25.6 Å². The predicted molar refractivity (Wildman–Crippen MR) is 84.9 cm³/mol. The van der Waals surface area contributed by atoms with E-state index >= 15 is 0 Å². The lowest BCUT2D eigenvalue weighted by molar-refractivity contribution is -0.137. The molecule has 21 heavy (non-hydrogen) atoms. The molecule has 0 amide bonds. The molecule has 1 aliphatic rings. The molecule has 3 rings (SSSR count). The number of aromatic nitrogens is 2. The molecule has 1 aliphatic heterocycles. The molecule has 0 saturated carbocycles. The second-order valence-corrected chi connectivity index (χ2v) is 7.36. The Hall–Kier alpha value is -1.40. The van der Waals surface area contributed by atoms with Crippen molar-refractivity contribution in [2.45, 2.75) is 16.7 Å². The van der Waals surface area contributed by atoms with Crippen molar-refractivity contribution < 1.29 is 9.53 Å². The third kappa shape index (κ3) is 3.44. The molecule has 2 heterocycles. The van der Waals surface area contributed by atoms with Crippen LogP contribution in [0.1, 0.15) is 17.2 Å². The van der Waals surface area contributed by atoms with Gasteiger partial charge < -0.3 is 9.30 Å². The van der Waals surface area contributed by atoms with Crippen LogP contribution in [-0.2, 0) is 16.6 Å². The van der Waals surface area contributed by atoms with Crippen molar-refractivity contribution in [3.8, 4) is 0 Å². The Morgan fingerprint density at radius 3 is 2.81 bits per heavy atom. The summed E-state index contributed by atoms with van der Waals surface area (Å²) in [5.74, 6) is 0.137. The zero-order valence-corrected chi connectivity index (χ0v) is 13.3. The average molecular weight is 320 g/mol. The van der Waals surface area contributed by atoms with Crippen molar-refractivity contribution in [1.29, 1.82) is 0 Å². The molecule has 4 nitrogen and oxygen atoms in total. The van der Waals surface area contributed by atoms with E-state index in [2.05, 4.69) is 17.1 Å². The van der Waals surface area contributed by atoms with Crippen LogP contribution in [0.5, 0.6) is 0 Å². The van der Waals surface area contributed by atoms with E-state index in [1.165, 1.54) is 5.56 Å². The normalized spacial score (nSPS) is 19.5. The molecule has 0 aliphatic carbocycles. The smallest absolute Gasteiger partial charge is 0.306 e. The monoisotopic (exact) mass is 320 g/mol. The zero-order chi connectivity index (χ0) is 14.7. The van der Waals surface area contributed by atoms with Gasteiger partial charge in [-0.3, -0.25) is 4.79 Å². The molecule has 1 aromatic carbocycles. The topological polar surface area (TPSA) is 44.1 Å². The number of hydrogen-bond donors (Lipinski definition) is 0. The fourth-order valence-corrected chi connectivity index (χ4v) is 5.27. The first-order valence-corrected chi connectivity index (χ1v) is 8.95. The van der Waals surface area contributed by atoms with Crippen molar-refractivity contribution in [3.05, 3.63) is 48.4 Å². The van der Waals surface area contributed by atoms with E-state index in [1.807, 2.05) is 36.0 Å². The van der Waals surface area contributed by atoms with E-state index < -0.39 is 0 Å². The lowest BCUT2D eigenvalue weighted by Crippen LogP contribution is -2.09. The Labute approximate surface area is 131 Å². The van der Waals surface area contributed by atoms with Gasteiger partial charge in [-0.2, -0.15) is 0 Å². The van der Waals surface area contributed by atoms with Crippen LogP contribution in [0.25, 0.3) is 0 Å². The maximum atomic E-state index is 11.4. The second kappa shape index (κ2) is 6.58. The Bertz CT molecular complexity index is 615. The fraction of sp³-hybridized carbons (Fsp3) is 0.333. The highest BCUT2D eigenvalue weighted by Gasteiger charge is 2.33. The first-order chi connectivity index (χ1) is 10.2. The number of benzene rings is 1. The van der Waals surface area contributed by atoms with Crippen LogP contribution in [0.2, 0.25) is 0 Å². The number of imidazole rings is 1. The Morgan fingerprint density at radius 1 is 1.38 bits per heavy atom. The minimum absolute atomic E-state index is 0.0907. The van der Waals surface area contributed by atoms with Crippen molar-refractivity contribution in [2.75, 3.05) is 6.61 Å². The van der Waals surface area contributed by atoms with Gasteiger partial charge in [-0.25, -0.2) is 4.98 Å². The van der Waals surface area contributed by atoms with E-state index in [4.69, 9.17) is 4.74 Å². The Balaban J connectivity index is 1.76. The summed E-state index contributed by atoms with van der Waals surface area (Å²) in [6.45, 7) is 0.511. The number of rotatable bonds is 5. The summed E-state index contributed by atoms with van der Waals surface area (Å²) in [6.07, 6.45) is 4.15. The molecule has 1 saturated heterocycles. The summed E-state index contributed by atoms with van der Waals surface area (Å²) in [6, 6.07) is 10.3. The van der Waals surface area contributed by atoms with Crippen LogP contribution in [0, 0.1) is 5.92 Å². The first-order valence-electron chi connectivity index (χ1n) is 6.74. The maximum absolute atomic E-state index is 11.4. The van der Waals surface area contributed by atoms with Gasteiger partial charge in [-0.05, 0) is 16.4 Å². The first kappa shape index (κ1) is 14.5. The molecule has 2 atom stereocenters. The van der Waals surface area contributed by atoms with E-state index in [0.717, 1.165) is 5.03 Å². The number of hydrogen-bond acceptors (Lipinski definition) is 5. The fourth-order valence-electron chi connectivity index (χ4n) is 2.30. The van der Waals surface area contributed by atoms with E-state index in [-0.39, 0.29) is 17.1 Å². The van der Waals surface area contributed by atoms with Gasteiger partial charge >= 0.3 is 5.97 Å². The van der Waals surface area contributed by atoms with Crippen molar-refractivity contribution in [2.24, 2.45) is 13.0 Å². The summed E-state index contributed by atoms with van der Waals surface area (Å²) < 4.78 is 7.15. The van der Waals surface area contributed by atoms with Gasteiger partial charge in [-0.1, -0.05) is 41.1 Å². The van der Waals surface area contributed by atoms with Crippen LogP contribution in [0.4, 0.5) is 0 Å². The lowest BCUT2D eigenvalue weighted by atomic mass is 9.98. The average Bonchev–Trinajstić information content (AvgIpc) is 3.10. The summed E-state index contributed by atoms with van der Waals surface area (Å²) in [5, 5.41) is 1.34. The number of cyclic esters (lactones) is 1. The van der Waals surface area contributed by atoms with Gasteiger partial charge in [0.2, 0.25) is 0 Å². The van der Waals surface area contributed by atoms with Crippen LogP contribution < -0.4 is 0 Å². The van der Waals surface area contributed by atoms with Gasteiger partial charge in [0.25, 0.3) is 0 Å².